The van der Waals surface area contributed by atoms with Gasteiger partial charge in [0.2, 0.25) is 5.95 Å². The first-order valence-electron chi connectivity index (χ1n) is 7.70. The van der Waals surface area contributed by atoms with E-state index in [1.807, 2.05) is 0 Å². The average Bonchev–Trinajstić information content (AvgIpc) is 3.06. The Morgan fingerprint density at radius 2 is 2.08 bits per heavy atom. The molecule has 2 aromatic rings. The van der Waals surface area contributed by atoms with Crippen molar-refractivity contribution < 1.29 is 9.13 Å². The summed E-state index contributed by atoms with van der Waals surface area (Å²) in [5, 5.41) is 0. The molecule has 1 fully saturated rings. The van der Waals surface area contributed by atoms with Gasteiger partial charge in [-0.2, -0.15) is 4.98 Å². The molecular weight excluding hydrogens is 379 g/mol. The minimum absolute atomic E-state index is 0.0511. The van der Waals surface area contributed by atoms with Gasteiger partial charge in [0.15, 0.2) is 5.82 Å². The van der Waals surface area contributed by atoms with E-state index >= 15 is 0 Å². The van der Waals surface area contributed by atoms with E-state index in [1.54, 1.807) is 12.3 Å². The van der Waals surface area contributed by atoms with Crippen LogP contribution in [0.1, 0.15) is 12.8 Å². The van der Waals surface area contributed by atoms with E-state index in [4.69, 9.17) is 4.74 Å². The van der Waals surface area contributed by atoms with Crippen molar-refractivity contribution in [3.05, 3.63) is 34.7 Å². The van der Waals surface area contributed by atoms with Crippen LogP contribution in [0.15, 0.2) is 28.9 Å². The largest absolute Gasteiger partial charge is 0.489 e. The van der Waals surface area contributed by atoms with E-state index in [-0.39, 0.29) is 11.9 Å². The van der Waals surface area contributed by atoms with Crippen molar-refractivity contribution in [3.8, 4) is 5.75 Å². The summed E-state index contributed by atoms with van der Waals surface area (Å²) < 4.78 is 20.1. The quantitative estimate of drug-likeness (QED) is 0.738. The number of benzene rings is 1. The second-order valence-corrected chi connectivity index (χ2v) is 6.54. The molecule has 2 aliphatic rings. The maximum absolute atomic E-state index is 13.4. The molecule has 0 bridgehead atoms. The van der Waals surface area contributed by atoms with Gasteiger partial charge in [-0.25, -0.2) is 9.37 Å². The molecule has 1 saturated heterocycles. The Morgan fingerprint density at radius 1 is 1.25 bits per heavy atom. The number of rotatable bonds is 3. The molecule has 0 unspecified atom stereocenters. The van der Waals surface area contributed by atoms with E-state index in [1.165, 1.54) is 12.1 Å². The molecule has 0 radical (unpaired) electrons. The average molecular weight is 395 g/mol. The van der Waals surface area contributed by atoms with Gasteiger partial charge < -0.3 is 9.64 Å². The Morgan fingerprint density at radius 3 is 2.92 bits per heavy atom. The fourth-order valence-corrected chi connectivity index (χ4v) is 3.13. The molecule has 7 nitrogen and oxygen atoms in total. The minimum atomic E-state index is -0.299. The smallest absolute Gasteiger partial charge is 0.227 e. The highest BCUT2D eigenvalue weighted by atomic mass is 79.9. The molecule has 1 aromatic carbocycles. The van der Waals surface area contributed by atoms with Crippen LogP contribution in [0.4, 0.5) is 21.8 Å². The number of hydrogen-bond acceptors (Lipinski definition) is 7. The van der Waals surface area contributed by atoms with E-state index < -0.39 is 0 Å². The number of ether oxygens (including phenoxy) is 1. The van der Waals surface area contributed by atoms with Crippen molar-refractivity contribution >= 4 is 33.4 Å². The number of piperidine rings is 1. The molecule has 0 spiro atoms. The third-order valence-electron chi connectivity index (χ3n) is 4.07. The zero-order valence-corrected chi connectivity index (χ0v) is 14.3. The summed E-state index contributed by atoms with van der Waals surface area (Å²) in [7, 11) is 0. The first-order valence-corrected chi connectivity index (χ1v) is 8.49. The van der Waals surface area contributed by atoms with Crippen molar-refractivity contribution in [1.82, 2.24) is 15.5 Å². The lowest BCUT2D eigenvalue weighted by atomic mass is 10.1. The predicted molar refractivity (Wildman–Crippen MR) is 92.4 cm³/mol. The molecular formula is C15H16BrFN6O. The molecule has 1 aromatic heterocycles. The van der Waals surface area contributed by atoms with Gasteiger partial charge in [-0.1, -0.05) is 0 Å². The van der Waals surface area contributed by atoms with Crippen LogP contribution in [0.3, 0.4) is 0 Å². The van der Waals surface area contributed by atoms with Crippen molar-refractivity contribution in [1.29, 1.82) is 0 Å². The van der Waals surface area contributed by atoms with Gasteiger partial charge in [0, 0.05) is 32.0 Å². The molecule has 9 heteroatoms. The van der Waals surface area contributed by atoms with Gasteiger partial charge in [0.1, 0.15) is 23.4 Å². The van der Waals surface area contributed by atoms with Crippen LogP contribution in [0.2, 0.25) is 0 Å². The summed E-state index contributed by atoms with van der Waals surface area (Å²) in [6.45, 7) is 1.58. The number of halogens is 2. The zero-order valence-electron chi connectivity index (χ0n) is 12.7. The SMILES string of the molecule is Fc1ccc(Br)c(OC2CCN(c3ncc4c(n3)NNN4)CC2)c1. The van der Waals surface area contributed by atoms with E-state index in [2.05, 4.69) is 47.2 Å². The molecule has 0 aliphatic carbocycles. The molecule has 126 valence electrons. The Hall–Kier alpha value is -2.13. The normalized spacial score (nSPS) is 17.2. The van der Waals surface area contributed by atoms with Crippen molar-refractivity contribution in [2.75, 3.05) is 28.8 Å². The summed E-state index contributed by atoms with van der Waals surface area (Å²) in [5.41, 5.74) is 9.46. The van der Waals surface area contributed by atoms with Gasteiger partial charge in [0.05, 0.1) is 10.7 Å². The number of nitrogens with one attached hydrogen (secondary N) is 3. The lowest BCUT2D eigenvalue weighted by Gasteiger charge is -2.32. The third-order valence-corrected chi connectivity index (χ3v) is 4.72. The molecule has 0 atom stereocenters. The summed E-state index contributed by atoms with van der Waals surface area (Å²) >= 11 is 3.39. The van der Waals surface area contributed by atoms with Crippen LogP contribution in [0.5, 0.6) is 5.75 Å². The molecule has 4 rings (SSSR count). The monoisotopic (exact) mass is 394 g/mol. The van der Waals surface area contributed by atoms with Crippen LogP contribution in [-0.4, -0.2) is 29.2 Å². The lowest BCUT2D eigenvalue weighted by molar-refractivity contribution is 0.168. The lowest BCUT2D eigenvalue weighted by Crippen LogP contribution is -2.39. The summed E-state index contributed by atoms with van der Waals surface area (Å²) in [4.78, 5) is 11.0. The minimum Gasteiger partial charge on any atom is -0.489 e. The highest BCUT2D eigenvalue weighted by Crippen LogP contribution is 2.29. The standard InChI is InChI=1S/C15H16BrFN6O/c16-11-2-1-9(17)7-13(11)24-10-3-5-23(6-4-10)15-18-8-12-14(19-15)21-22-20-12/h1-2,7-8,10,20,22H,3-6H2,(H,18,19,21). The molecule has 24 heavy (non-hydrogen) atoms. The Labute approximate surface area is 146 Å². The van der Waals surface area contributed by atoms with E-state index in [0.29, 0.717) is 11.7 Å². The van der Waals surface area contributed by atoms with E-state index in [9.17, 15) is 4.39 Å². The highest BCUT2D eigenvalue weighted by Gasteiger charge is 2.24. The fraction of sp³-hybridized carbons (Fsp3) is 0.333. The maximum atomic E-state index is 13.4. The summed E-state index contributed by atoms with van der Waals surface area (Å²) in [6, 6.07) is 4.47. The molecule has 3 heterocycles. The van der Waals surface area contributed by atoms with Crippen LogP contribution in [-0.2, 0) is 0 Å². The number of nitrogens with zero attached hydrogens (tertiary/aromatic N) is 3. The second kappa shape index (κ2) is 6.40. The number of aromatic nitrogens is 2. The molecule has 0 saturated carbocycles. The van der Waals surface area contributed by atoms with E-state index in [0.717, 1.165) is 41.9 Å². The Kier molecular flexibility index (Phi) is 4.11. The Balaban J connectivity index is 1.39. The number of anilines is 3. The zero-order chi connectivity index (χ0) is 16.5. The molecule has 3 N–H and O–H groups in total. The number of hydrazine groups is 2. The van der Waals surface area contributed by atoms with Gasteiger partial charge in [0.25, 0.3) is 0 Å². The summed E-state index contributed by atoms with van der Waals surface area (Å²) in [5.74, 6) is 1.68. The third kappa shape index (κ3) is 3.09. The maximum Gasteiger partial charge on any atom is 0.227 e. The van der Waals surface area contributed by atoms with Crippen LogP contribution >= 0.6 is 15.9 Å². The number of hydrogen-bond donors (Lipinski definition) is 3. The fourth-order valence-electron chi connectivity index (χ4n) is 2.79. The van der Waals surface area contributed by atoms with Gasteiger partial charge >= 0.3 is 0 Å². The first-order chi connectivity index (χ1) is 11.7. The molecule has 2 aliphatic heterocycles. The highest BCUT2D eigenvalue weighted by molar-refractivity contribution is 9.10. The van der Waals surface area contributed by atoms with Gasteiger partial charge in [-0.15, -0.1) is 5.53 Å². The van der Waals surface area contributed by atoms with Crippen LogP contribution < -0.4 is 26.0 Å². The van der Waals surface area contributed by atoms with Crippen molar-refractivity contribution in [2.24, 2.45) is 0 Å². The van der Waals surface area contributed by atoms with Crippen LogP contribution in [0, 0.1) is 5.82 Å². The van der Waals surface area contributed by atoms with Gasteiger partial charge in [-0.05, 0) is 28.1 Å². The second-order valence-electron chi connectivity index (χ2n) is 5.69. The first kappa shape index (κ1) is 15.4. The summed E-state index contributed by atoms with van der Waals surface area (Å²) in [6.07, 6.45) is 3.45. The van der Waals surface area contributed by atoms with Crippen LogP contribution in [0.25, 0.3) is 0 Å². The number of fused-ring (bicyclic) bond motifs is 1. The Bertz CT molecular complexity index is 753. The molecule has 0 amide bonds. The van der Waals surface area contributed by atoms with Crippen molar-refractivity contribution in [3.63, 3.8) is 0 Å². The topological polar surface area (TPSA) is 74.3 Å². The predicted octanol–water partition coefficient (Wildman–Crippen LogP) is 2.68. The van der Waals surface area contributed by atoms with Gasteiger partial charge in [-0.3, -0.25) is 10.9 Å². The van der Waals surface area contributed by atoms with Crippen molar-refractivity contribution in [2.45, 2.75) is 18.9 Å².